The van der Waals surface area contributed by atoms with Crippen molar-refractivity contribution in [2.75, 3.05) is 24.6 Å². The molecule has 22 heavy (non-hydrogen) atoms. The van der Waals surface area contributed by atoms with Crippen molar-refractivity contribution in [2.24, 2.45) is 0 Å². The first-order valence-corrected chi connectivity index (χ1v) is 7.99. The van der Waals surface area contributed by atoms with E-state index < -0.39 is 6.10 Å². The SMILES string of the molecule is Cl.O=C([C@H]1CNCCO1)N(Cc1ccsc1)c1ccccc1. The lowest BCUT2D eigenvalue weighted by Gasteiger charge is -2.29. The maximum absolute atomic E-state index is 12.8. The number of nitrogens with zero attached hydrogens (tertiary/aromatic N) is 1. The van der Waals surface area contributed by atoms with E-state index in [2.05, 4.69) is 10.7 Å². The Morgan fingerprint density at radius 2 is 2.14 bits per heavy atom. The van der Waals surface area contributed by atoms with E-state index in [1.807, 2.05) is 41.8 Å². The molecule has 2 aromatic rings. The van der Waals surface area contributed by atoms with Crippen LogP contribution in [0.15, 0.2) is 47.2 Å². The second kappa shape index (κ2) is 8.29. The van der Waals surface area contributed by atoms with Gasteiger partial charge in [-0.1, -0.05) is 18.2 Å². The first-order chi connectivity index (χ1) is 10.3. The van der Waals surface area contributed by atoms with Gasteiger partial charge in [-0.05, 0) is 34.5 Å². The summed E-state index contributed by atoms with van der Waals surface area (Å²) in [6.45, 7) is 2.54. The summed E-state index contributed by atoms with van der Waals surface area (Å²) in [6, 6.07) is 11.8. The Kier molecular flexibility index (Phi) is 6.39. The molecule has 1 amide bonds. The van der Waals surface area contributed by atoms with Crippen LogP contribution >= 0.6 is 23.7 Å². The Labute approximate surface area is 140 Å². The Hall–Kier alpha value is -1.40. The lowest BCUT2D eigenvalue weighted by Crippen LogP contribution is -2.49. The molecule has 0 unspecified atom stereocenters. The number of benzene rings is 1. The number of hydrogen-bond donors (Lipinski definition) is 1. The van der Waals surface area contributed by atoms with E-state index >= 15 is 0 Å². The Bertz CT molecular complexity index is 571. The van der Waals surface area contributed by atoms with Gasteiger partial charge < -0.3 is 15.0 Å². The van der Waals surface area contributed by atoms with Gasteiger partial charge >= 0.3 is 0 Å². The predicted molar refractivity (Wildman–Crippen MR) is 91.8 cm³/mol. The average molecular weight is 339 g/mol. The molecule has 118 valence electrons. The van der Waals surface area contributed by atoms with Crippen molar-refractivity contribution < 1.29 is 9.53 Å². The number of nitrogens with one attached hydrogen (secondary N) is 1. The number of carbonyl (C=O) groups is 1. The van der Waals surface area contributed by atoms with Crippen molar-refractivity contribution in [1.82, 2.24) is 5.32 Å². The molecule has 1 aromatic carbocycles. The van der Waals surface area contributed by atoms with Crippen LogP contribution in [0.4, 0.5) is 5.69 Å². The Morgan fingerprint density at radius 3 is 2.77 bits per heavy atom. The molecule has 1 aromatic heterocycles. The number of thiophene rings is 1. The minimum Gasteiger partial charge on any atom is -0.366 e. The fourth-order valence-corrected chi connectivity index (χ4v) is 3.03. The van der Waals surface area contributed by atoms with Crippen molar-refractivity contribution in [3.05, 3.63) is 52.7 Å². The largest absolute Gasteiger partial charge is 0.366 e. The highest BCUT2D eigenvalue weighted by molar-refractivity contribution is 7.07. The van der Waals surface area contributed by atoms with E-state index in [0.717, 1.165) is 17.8 Å². The van der Waals surface area contributed by atoms with Gasteiger partial charge in [0.2, 0.25) is 0 Å². The second-order valence-corrected chi connectivity index (χ2v) is 5.74. The van der Waals surface area contributed by atoms with Crippen molar-refractivity contribution in [1.29, 1.82) is 0 Å². The molecule has 0 radical (unpaired) electrons. The van der Waals surface area contributed by atoms with Gasteiger partial charge in [-0.2, -0.15) is 11.3 Å². The van der Waals surface area contributed by atoms with Gasteiger partial charge in [0.1, 0.15) is 6.10 Å². The van der Waals surface area contributed by atoms with Crippen LogP contribution < -0.4 is 10.2 Å². The van der Waals surface area contributed by atoms with Crippen LogP contribution in [0.25, 0.3) is 0 Å². The lowest BCUT2D eigenvalue weighted by molar-refractivity contribution is -0.131. The van der Waals surface area contributed by atoms with Crippen LogP contribution in [0.2, 0.25) is 0 Å². The monoisotopic (exact) mass is 338 g/mol. The summed E-state index contributed by atoms with van der Waals surface area (Å²) in [6.07, 6.45) is -0.405. The number of halogens is 1. The summed E-state index contributed by atoms with van der Waals surface area (Å²) in [5.74, 6) is 0.0135. The van der Waals surface area contributed by atoms with Crippen LogP contribution in [0, 0.1) is 0 Å². The van der Waals surface area contributed by atoms with Crippen LogP contribution in [-0.4, -0.2) is 31.7 Å². The van der Waals surface area contributed by atoms with Gasteiger partial charge in [-0.25, -0.2) is 0 Å². The minimum absolute atomic E-state index is 0. The number of morpholine rings is 1. The third-order valence-electron chi connectivity index (χ3n) is 3.46. The predicted octanol–water partition coefficient (Wildman–Crippen LogP) is 2.69. The zero-order chi connectivity index (χ0) is 14.5. The lowest BCUT2D eigenvalue weighted by atomic mass is 10.2. The number of rotatable bonds is 4. The molecular formula is C16H19ClN2O2S. The summed E-state index contributed by atoms with van der Waals surface area (Å²) in [5.41, 5.74) is 2.05. The molecule has 4 nitrogen and oxygen atoms in total. The first kappa shape index (κ1) is 17.0. The number of hydrogen-bond acceptors (Lipinski definition) is 4. The summed E-state index contributed by atoms with van der Waals surface area (Å²) in [7, 11) is 0. The standard InChI is InChI=1S/C16H18N2O2S.ClH/c19-16(15-10-17-7-8-20-15)18(11-13-6-9-21-12-13)14-4-2-1-3-5-14;/h1-6,9,12,15,17H,7-8,10-11H2;1H/t15-;/m1./s1. The normalized spacial score (nSPS) is 17.5. The van der Waals surface area contributed by atoms with Gasteiger partial charge in [-0.3, -0.25) is 4.79 Å². The fourth-order valence-electron chi connectivity index (χ4n) is 2.37. The molecule has 1 N–H and O–H groups in total. The van der Waals surface area contributed by atoms with Crippen molar-refractivity contribution >= 4 is 35.3 Å². The minimum atomic E-state index is -0.405. The van der Waals surface area contributed by atoms with E-state index in [9.17, 15) is 4.79 Å². The van der Waals surface area contributed by atoms with Crippen molar-refractivity contribution in [3.8, 4) is 0 Å². The van der Waals surface area contributed by atoms with E-state index in [-0.39, 0.29) is 18.3 Å². The topological polar surface area (TPSA) is 41.6 Å². The molecule has 3 rings (SSSR count). The van der Waals surface area contributed by atoms with Crippen LogP contribution in [0.1, 0.15) is 5.56 Å². The fraction of sp³-hybridized carbons (Fsp3) is 0.312. The highest BCUT2D eigenvalue weighted by Gasteiger charge is 2.27. The number of ether oxygens (including phenoxy) is 1. The van der Waals surface area contributed by atoms with Crippen molar-refractivity contribution in [2.45, 2.75) is 12.6 Å². The Balaban J connectivity index is 0.00000176. The molecule has 1 atom stereocenters. The average Bonchev–Trinajstić information content (AvgIpc) is 3.07. The first-order valence-electron chi connectivity index (χ1n) is 7.04. The molecular weight excluding hydrogens is 320 g/mol. The molecule has 0 aliphatic carbocycles. The maximum atomic E-state index is 12.8. The van der Waals surface area contributed by atoms with E-state index in [0.29, 0.717) is 19.7 Å². The zero-order valence-corrected chi connectivity index (χ0v) is 13.7. The summed E-state index contributed by atoms with van der Waals surface area (Å²) < 4.78 is 5.61. The molecule has 0 saturated carbocycles. The molecule has 0 spiro atoms. The second-order valence-electron chi connectivity index (χ2n) is 4.96. The van der Waals surface area contributed by atoms with Crippen LogP contribution in [0.3, 0.4) is 0 Å². The number of amides is 1. The number of carbonyl (C=O) groups excluding carboxylic acids is 1. The third-order valence-corrected chi connectivity index (χ3v) is 4.19. The van der Waals surface area contributed by atoms with E-state index in [4.69, 9.17) is 4.74 Å². The number of para-hydroxylation sites is 1. The van der Waals surface area contributed by atoms with Crippen molar-refractivity contribution in [3.63, 3.8) is 0 Å². The molecule has 1 aliphatic rings. The molecule has 2 heterocycles. The molecule has 1 saturated heterocycles. The quantitative estimate of drug-likeness (QED) is 0.932. The van der Waals surface area contributed by atoms with Crippen LogP contribution in [-0.2, 0) is 16.1 Å². The van der Waals surface area contributed by atoms with E-state index in [1.54, 1.807) is 16.2 Å². The maximum Gasteiger partial charge on any atom is 0.257 e. The highest BCUT2D eigenvalue weighted by Crippen LogP contribution is 2.20. The molecule has 0 bridgehead atoms. The smallest absolute Gasteiger partial charge is 0.257 e. The van der Waals surface area contributed by atoms with Gasteiger partial charge in [0.05, 0.1) is 13.2 Å². The van der Waals surface area contributed by atoms with Gasteiger partial charge in [0.15, 0.2) is 0 Å². The highest BCUT2D eigenvalue weighted by atomic mass is 35.5. The van der Waals surface area contributed by atoms with Gasteiger partial charge in [0.25, 0.3) is 5.91 Å². The van der Waals surface area contributed by atoms with E-state index in [1.165, 1.54) is 0 Å². The summed E-state index contributed by atoms with van der Waals surface area (Å²) in [5, 5.41) is 7.31. The molecule has 6 heteroatoms. The molecule has 1 fully saturated rings. The number of anilines is 1. The van der Waals surface area contributed by atoms with Crippen LogP contribution in [0.5, 0.6) is 0 Å². The summed E-state index contributed by atoms with van der Waals surface area (Å²) in [4.78, 5) is 14.6. The summed E-state index contributed by atoms with van der Waals surface area (Å²) >= 11 is 1.64. The molecule has 1 aliphatic heterocycles. The van der Waals surface area contributed by atoms with Gasteiger partial charge in [-0.15, -0.1) is 12.4 Å². The zero-order valence-electron chi connectivity index (χ0n) is 12.1. The van der Waals surface area contributed by atoms with Gasteiger partial charge in [0, 0.05) is 18.8 Å². The Morgan fingerprint density at radius 1 is 1.32 bits per heavy atom. The third kappa shape index (κ3) is 4.08.